The van der Waals surface area contributed by atoms with Gasteiger partial charge in [0.05, 0.1) is 0 Å². The third kappa shape index (κ3) is 1.99. The summed E-state index contributed by atoms with van der Waals surface area (Å²) in [4.78, 5) is 10.7. The molecule has 0 saturated carbocycles. The van der Waals surface area contributed by atoms with Gasteiger partial charge in [-0.1, -0.05) is 0 Å². The summed E-state index contributed by atoms with van der Waals surface area (Å²) in [5, 5.41) is 10.8. The number of rotatable bonds is 2. The van der Waals surface area contributed by atoms with E-state index in [0.29, 0.717) is 0 Å². The van der Waals surface area contributed by atoms with Crippen LogP contribution in [0.2, 0.25) is 0 Å². The fourth-order valence-electron chi connectivity index (χ4n) is 0.363. The highest BCUT2D eigenvalue weighted by Crippen LogP contribution is 1.98. The maximum atomic E-state index is 10.7. The van der Waals surface area contributed by atoms with Crippen LogP contribution in [-0.2, 0) is 4.79 Å². The molecule has 3 N–H and O–H groups in total. The summed E-state index contributed by atoms with van der Waals surface area (Å²) in [5.74, 6) is -0.245. The number of amides is 1. The first kappa shape index (κ1) is 8.39. The van der Waals surface area contributed by atoms with Gasteiger partial charge in [0, 0.05) is 7.05 Å². The van der Waals surface area contributed by atoms with E-state index in [2.05, 4.69) is 5.32 Å². The second-order valence-corrected chi connectivity index (χ2v) is 2.32. The number of hydrogen-bond acceptors (Lipinski definition) is 3. The van der Waals surface area contributed by atoms with Crippen LogP contribution < -0.4 is 10.8 Å². The molecule has 0 saturated heterocycles. The van der Waals surface area contributed by atoms with Crippen LogP contribution in [0.3, 0.4) is 0 Å². The molecule has 4 heteroatoms. The van der Waals surface area contributed by atoms with E-state index in [1.54, 1.807) is 13.8 Å². The van der Waals surface area contributed by atoms with E-state index in [1.165, 1.54) is 7.05 Å². The minimum Gasteiger partial charge on any atom is -0.358 e. The van der Waals surface area contributed by atoms with Crippen LogP contribution in [0.4, 0.5) is 0 Å². The van der Waals surface area contributed by atoms with E-state index in [-0.39, 0.29) is 5.91 Å². The van der Waals surface area contributed by atoms with Crippen molar-refractivity contribution >= 4 is 5.91 Å². The van der Waals surface area contributed by atoms with Gasteiger partial charge >= 0.3 is 0 Å². The first-order valence-electron chi connectivity index (χ1n) is 2.68. The van der Waals surface area contributed by atoms with E-state index in [1.807, 2.05) is 5.48 Å². The van der Waals surface area contributed by atoms with Crippen molar-refractivity contribution < 1.29 is 10.0 Å². The average molecular weight is 132 g/mol. The smallest absolute Gasteiger partial charge is 0.241 e. The van der Waals surface area contributed by atoms with Crippen LogP contribution in [0.25, 0.3) is 0 Å². The summed E-state index contributed by atoms with van der Waals surface area (Å²) in [6.45, 7) is 3.15. The summed E-state index contributed by atoms with van der Waals surface area (Å²) < 4.78 is 0. The van der Waals surface area contributed by atoms with Crippen LogP contribution in [0.5, 0.6) is 0 Å². The first-order chi connectivity index (χ1) is 4.04. The Hall–Kier alpha value is -0.610. The molecule has 9 heavy (non-hydrogen) atoms. The van der Waals surface area contributed by atoms with E-state index >= 15 is 0 Å². The van der Waals surface area contributed by atoms with Gasteiger partial charge in [0.25, 0.3) is 0 Å². The van der Waals surface area contributed by atoms with Gasteiger partial charge in [-0.15, -0.1) is 0 Å². The van der Waals surface area contributed by atoms with E-state index in [4.69, 9.17) is 5.21 Å². The second-order valence-electron chi connectivity index (χ2n) is 2.32. The molecule has 0 aliphatic heterocycles. The summed E-state index contributed by atoms with van der Waals surface area (Å²) >= 11 is 0. The Morgan fingerprint density at radius 2 is 2.00 bits per heavy atom. The highest BCUT2D eigenvalue weighted by molar-refractivity contribution is 5.84. The lowest BCUT2D eigenvalue weighted by Crippen LogP contribution is -2.50. The monoisotopic (exact) mass is 132 g/mol. The molecule has 54 valence electrons. The van der Waals surface area contributed by atoms with E-state index in [0.717, 1.165) is 0 Å². The summed E-state index contributed by atoms with van der Waals surface area (Å²) in [6.07, 6.45) is 0. The highest BCUT2D eigenvalue weighted by atomic mass is 16.5. The van der Waals surface area contributed by atoms with Gasteiger partial charge in [0.15, 0.2) is 0 Å². The Morgan fingerprint density at radius 3 is 2.11 bits per heavy atom. The predicted octanol–water partition coefficient (Wildman–Crippen LogP) is -0.510. The summed E-state index contributed by atoms with van der Waals surface area (Å²) in [5.41, 5.74) is 0.986. The topological polar surface area (TPSA) is 61.4 Å². The van der Waals surface area contributed by atoms with Gasteiger partial charge in [-0.3, -0.25) is 4.79 Å². The first-order valence-corrected chi connectivity index (χ1v) is 2.68. The van der Waals surface area contributed by atoms with Crippen molar-refractivity contribution in [3.63, 3.8) is 0 Å². The number of carbonyl (C=O) groups is 1. The Kier molecular flexibility index (Phi) is 2.61. The molecule has 0 aliphatic rings. The van der Waals surface area contributed by atoms with Crippen LogP contribution in [0, 0.1) is 0 Å². The molecular weight excluding hydrogens is 120 g/mol. The minimum absolute atomic E-state index is 0.245. The SMILES string of the molecule is CNC(=O)C(C)(C)NO. The normalized spacial score (nSPS) is 11.1. The molecule has 0 heterocycles. The molecule has 0 aromatic rings. The van der Waals surface area contributed by atoms with Crippen molar-refractivity contribution in [1.82, 2.24) is 10.8 Å². The van der Waals surface area contributed by atoms with Crippen molar-refractivity contribution in [2.24, 2.45) is 0 Å². The number of hydrogen-bond donors (Lipinski definition) is 3. The lowest BCUT2D eigenvalue weighted by molar-refractivity contribution is -0.129. The Morgan fingerprint density at radius 1 is 1.56 bits per heavy atom. The molecule has 0 aliphatic carbocycles. The number of nitrogens with one attached hydrogen (secondary N) is 2. The largest absolute Gasteiger partial charge is 0.358 e. The average Bonchev–Trinajstić information content (AvgIpc) is 1.86. The van der Waals surface area contributed by atoms with Crippen LogP contribution >= 0.6 is 0 Å². The van der Waals surface area contributed by atoms with Crippen molar-refractivity contribution in [2.75, 3.05) is 7.05 Å². The zero-order valence-electron chi connectivity index (χ0n) is 5.86. The Balaban J connectivity index is 3.97. The van der Waals surface area contributed by atoms with Crippen LogP contribution in [-0.4, -0.2) is 23.7 Å². The third-order valence-corrected chi connectivity index (χ3v) is 1.07. The molecule has 0 rings (SSSR count). The fourth-order valence-corrected chi connectivity index (χ4v) is 0.363. The molecule has 0 bridgehead atoms. The molecular formula is C5H12N2O2. The third-order valence-electron chi connectivity index (χ3n) is 1.07. The lowest BCUT2D eigenvalue weighted by atomic mass is 10.1. The summed E-state index contributed by atoms with van der Waals surface area (Å²) in [6, 6.07) is 0. The molecule has 0 aromatic heterocycles. The van der Waals surface area contributed by atoms with Gasteiger partial charge in [0.2, 0.25) is 5.91 Å². The standard InChI is InChI=1S/C5H12N2O2/c1-5(2,7-9)4(8)6-3/h7,9H,1-3H3,(H,6,8). The van der Waals surface area contributed by atoms with Gasteiger partial charge < -0.3 is 10.5 Å². The van der Waals surface area contributed by atoms with Gasteiger partial charge in [-0.25, -0.2) is 0 Å². The molecule has 0 fully saturated rings. The fraction of sp³-hybridized carbons (Fsp3) is 0.800. The molecule has 4 nitrogen and oxygen atoms in total. The van der Waals surface area contributed by atoms with Gasteiger partial charge in [-0.05, 0) is 13.8 Å². The maximum absolute atomic E-state index is 10.7. The summed E-state index contributed by atoms with van der Waals surface area (Å²) in [7, 11) is 1.52. The van der Waals surface area contributed by atoms with Gasteiger partial charge in [0.1, 0.15) is 5.54 Å². The van der Waals surface area contributed by atoms with Crippen molar-refractivity contribution in [3.05, 3.63) is 0 Å². The predicted molar refractivity (Wildman–Crippen MR) is 33.1 cm³/mol. The number of carbonyl (C=O) groups excluding carboxylic acids is 1. The Bertz CT molecular complexity index is 112. The molecule has 0 spiro atoms. The molecule has 0 unspecified atom stereocenters. The van der Waals surface area contributed by atoms with Crippen molar-refractivity contribution in [1.29, 1.82) is 0 Å². The Labute approximate surface area is 54.2 Å². The zero-order valence-corrected chi connectivity index (χ0v) is 5.86. The quantitative estimate of drug-likeness (QED) is 0.443. The minimum atomic E-state index is -0.894. The van der Waals surface area contributed by atoms with E-state index in [9.17, 15) is 4.79 Å². The molecule has 0 radical (unpaired) electrons. The second kappa shape index (κ2) is 2.80. The van der Waals surface area contributed by atoms with Crippen LogP contribution in [0.15, 0.2) is 0 Å². The number of likely N-dealkylation sites (N-methyl/N-ethyl adjacent to an activating group) is 1. The zero-order chi connectivity index (χ0) is 7.49. The van der Waals surface area contributed by atoms with Crippen molar-refractivity contribution in [2.45, 2.75) is 19.4 Å². The van der Waals surface area contributed by atoms with Crippen molar-refractivity contribution in [3.8, 4) is 0 Å². The van der Waals surface area contributed by atoms with Gasteiger partial charge in [-0.2, -0.15) is 5.48 Å². The molecule has 0 atom stereocenters. The molecule has 1 amide bonds. The lowest BCUT2D eigenvalue weighted by Gasteiger charge is -2.19. The van der Waals surface area contributed by atoms with E-state index < -0.39 is 5.54 Å². The highest BCUT2D eigenvalue weighted by Gasteiger charge is 2.24. The molecule has 0 aromatic carbocycles. The maximum Gasteiger partial charge on any atom is 0.241 e. The van der Waals surface area contributed by atoms with Crippen LogP contribution in [0.1, 0.15) is 13.8 Å². The number of hydroxylamine groups is 1.